The molecule has 0 aromatic carbocycles. The van der Waals surface area contributed by atoms with Crippen LogP contribution in [0.5, 0.6) is 0 Å². The summed E-state index contributed by atoms with van der Waals surface area (Å²) in [6, 6.07) is 0. The SMILES string of the molecule is CCC(O)(CC)CN1CCC(CN2CCCCC2=O)CC1. The van der Waals surface area contributed by atoms with Gasteiger partial charge < -0.3 is 14.9 Å². The highest BCUT2D eigenvalue weighted by Crippen LogP contribution is 2.24. The third-order valence-corrected chi connectivity index (χ3v) is 5.44. The normalized spacial score (nSPS) is 22.8. The van der Waals surface area contributed by atoms with Crippen LogP contribution >= 0.6 is 0 Å². The molecule has 2 heterocycles. The zero-order valence-corrected chi connectivity index (χ0v) is 13.8. The van der Waals surface area contributed by atoms with Crippen molar-refractivity contribution in [2.75, 3.05) is 32.7 Å². The van der Waals surface area contributed by atoms with Gasteiger partial charge in [0.15, 0.2) is 0 Å². The minimum Gasteiger partial charge on any atom is -0.389 e. The number of hydrogen-bond acceptors (Lipinski definition) is 3. The number of amides is 1. The van der Waals surface area contributed by atoms with Crippen molar-refractivity contribution in [2.24, 2.45) is 5.92 Å². The molecule has 2 saturated heterocycles. The Balaban J connectivity index is 1.74. The van der Waals surface area contributed by atoms with Crippen molar-refractivity contribution >= 4 is 5.91 Å². The summed E-state index contributed by atoms with van der Waals surface area (Å²) in [6.45, 7) is 8.98. The lowest BCUT2D eigenvalue weighted by Gasteiger charge is -2.39. The maximum atomic E-state index is 11.9. The van der Waals surface area contributed by atoms with Crippen LogP contribution in [-0.2, 0) is 4.79 Å². The van der Waals surface area contributed by atoms with Gasteiger partial charge in [0.2, 0.25) is 5.91 Å². The van der Waals surface area contributed by atoms with Crippen molar-refractivity contribution in [3.63, 3.8) is 0 Å². The third kappa shape index (κ3) is 4.68. The molecule has 2 rings (SSSR count). The van der Waals surface area contributed by atoms with E-state index >= 15 is 0 Å². The number of rotatable bonds is 6. The fraction of sp³-hybridized carbons (Fsp3) is 0.941. The Morgan fingerprint density at radius 2 is 1.81 bits per heavy atom. The van der Waals surface area contributed by atoms with Gasteiger partial charge in [-0.05, 0) is 57.5 Å². The molecule has 4 nitrogen and oxygen atoms in total. The molecule has 4 heteroatoms. The minimum absolute atomic E-state index is 0.357. The van der Waals surface area contributed by atoms with Gasteiger partial charge in [0.1, 0.15) is 0 Å². The van der Waals surface area contributed by atoms with Crippen molar-refractivity contribution in [3.05, 3.63) is 0 Å². The quantitative estimate of drug-likeness (QED) is 0.817. The Hall–Kier alpha value is -0.610. The molecular formula is C17H32N2O2. The molecule has 1 N–H and O–H groups in total. The summed E-state index contributed by atoms with van der Waals surface area (Å²) in [7, 11) is 0. The molecule has 0 spiro atoms. The molecule has 0 aliphatic carbocycles. The zero-order chi connectivity index (χ0) is 15.3. The fourth-order valence-electron chi connectivity index (χ4n) is 3.58. The summed E-state index contributed by atoms with van der Waals surface area (Å²) in [5.74, 6) is 1.01. The standard InChI is InChI=1S/C17H32N2O2/c1-3-17(21,4-2)14-18-11-8-15(9-12-18)13-19-10-6-5-7-16(19)20/h15,21H,3-14H2,1-2H3. The number of aliphatic hydroxyl groups is 1. The smallest absolute Gasteiger partial charge is 0.222 e. The van der Waals surface area contributed by atoms with Crippen LogP contribution in [0, 0.1) is 5.92 Å². The van der Waals surface area contributed by atoms with Gasteiger partial charge in [0.25, 0.3) is 0 Å². The lowest BCUT2D eigenvalue weighted by atomic mass is 9.92. The molecule has 0 bridgehead atoms. The molecular weight excluding hydrogens is 264 g/mol. The Bertz CT molecular complexity index is 334. The number of β-amino-alcohol motifs (C(OH)–C–C–N with tert-alkyl or cyclic N) is 1. The van der Waals surface area contributed by atoms with E-state index in [4.69, 9.17) is 0 Å². The molecule has 0 atom stereocenters. The van der Waals surface area contributed by atoms with Crippen LogP contribution in [-0.4, -0.2) is 59.1 Å². The molecule has 0 unspecified atom stereocenters. The van der Waals surface area contributed by atoms with Crippen molar-refractivity contribution in [2.45, 2.75) is 64.4 Å². The van der Waals surface area contributed by atoms with Crippen molar-refractivity contribution < 1.29 is 9.90 Å². The number of carbonyl (C=O) groups is 1. The van der Waals surface area contributed by atoms with E-state index in [-0.39, 0.29) is 0 Å². The number of hydrogen-bond donors (Lipinski definition) is 1. The Labute approximate surface area is 129 Å². The largest absolute Gasteiger partial charge is 0.389 e. The van der Waals surface area contributed by atoms with Crippen LogP contribution in [0.4, 0.5) is 0 Å². The predicted octanol–water partition coefficient (Wildman–Crippen LogP) is 2.26. The zero-order valence-electron chi connectivity index (χ0n) is 13.8. The highest BCUT2D eigenvalue weighted by atomic mass is 16.3. The minimum atomic E-state index is -0.518. The summed E-state index contributed by atoms with van der Waals surface area (Å²) < 4.78 is 0. The van der Waals surface area contributed by atoms with E-state index in [9.17, 15) is 9.90 Å². The van der Waals surface area contributed by atoms with E-state index < -0.39 is 5.60 Å². The lowest BCUT2D eigenvalue weighted by Crippen LogP contribution is -2.47. The second kappa shape index (κ2) is 7.59. The van der Waals surface area contributed by atoms with Crippen LogP contribution in [0.1, 0.15) is 58.8 Å². The van der Waals surface area contributed by atoms with E-state index in [0.717, 1.165) is 71.2 Å². The molecule has 2 aliphatic rings. The fourth-order valence-corrected chi connectivity index (χ4v) is 3.58. The van der Waals surface area contributed by atoms with Gasteiger partial charge in [0, 0.05) is 26.1 Å². The van der Waals surface area contributed by atoms with Crippen molar-refractivity contribution in [3.8, 4) is 0 Å². The highest BCUT2D eigenvalue weighted by Gasteiger charge is 2.29. The number of likely N-dealkylation sites (tertiary alicyclic amines) is 2. The van der Waals surface area contributed by atoms with Gasteiger partial charge in [-0.15, -0.1) is 0 Å². The molecule has 2 aliphatic heterocycles. The van der Waals surface area contributed by atoms with Crippen LogP contribution in [0.3, 0.4) is 0 Å². The van der Waals surface area contributed by atoms with E-state index in [1.54, 1.807) is 0 Å². The van der Waals surface area contributed by atoms with Gasteiger partial charge in [-0.2, -0.15) is 0 Å². The highest BCUT2D eigenvalue weighted by molar-refractivity contribution is 5.76. The topological polar surface area (TPSA) is 43.8 Å². The van der Waals surface area contributed by atoms with Gasteiger partial charge in [-0.25, -0.2) is 0 Å². The number of nitrogens with zero attached hydrogens (tertiary/aromatic N) is 2. The molecule has 1 amide bonds. The van der Waals surface area contributed by atoms with Gasteiger partial charge >= 0.3 is 0 Å². The summed E-state index contributed by atoms with van der Waals surface area (Å²) in [5.41, 5.74) is -0.518. The van der Waals surface area contributed by atoms with Crippen LogP contribution in [0.2, 0.25) is 0 Å². The molecule has 0 aromatic heterocycles. The molecule has 2 fully saturated rings. The first-order chi connectivity index (χ1) is 10.1. The summed E-state index contributed by atoms with van der Waals surface area (Å²) in [6.07, 6.45) is 6.96. The molecule has 0 saturated carbocycles. The van der Waals surface area contributed by atoms with E-state index in [1.807, 2.05) is 0 Å². The summed E-state index contributed by atoms with van der Waals surface area (Å²) >= 11 is 0. The molecule has 21 heavy (non-hydrogen) atoms. The lowest BCUT2D eigenvalue weighted by molar-refractivity contribution is -0.134. The second-order valence-electron chi connectivity index (χ2n) is 6.95. The molecule has 0 radical (unpaired) electrons. The average molecular weight is 296 g/mol. The van der Waals surface area contributed by atoms with Gasteiger partial charge in [-0.3, -0.25) is 4.79 Å². The first-order valence-corrected chi connectivity index (χ1v) is 8.79. The first-order valence-electron chi connectivity index (χ1n) is 8.79. The maximum absolute atomic E-state index is 11.9. The summed E-state index contributed by atoms with van der Waals surface area (Å²) in [4.78, 5) is 16.4. The van der Waals surface area contributed by atoms with Gasteiger partial charge in [-0.1, -0.05) is 13.8 Å². The van der Waals surface area contributed by atoms with Crippen molar-refractivity contribution in [1.29, 1.82) is 0 Å². The van der Waals surface area contributed by atoms with Crippen LogP contribution in [0.25, 0.3) is 0 Å². The predicted molar refractivity (Wildman–Crippen MR) is 85.1 cm³/mol. The van der Waals surface area contributed by atoms with Crippen LogP contribution < -0.4 is 0 Å². The monoisotopic (exact) mass is 296 g/mol. The van der Waals surface area contributed by atoms with Gasteiger partial charge in [0.05, 0.1) is 5.60 Å². The maximum Gasteiger partial charge on any atom is 0.222 e. The molecule has 0 aromatic rings. The summed E-state index contributed by atoms with van der Waals surface area (Å²) in [5, 5.41) is 10.4. The Morgan fingerprint density at radius 3 is 2.38 bits per heavy atom. The molecule has 122 valence electrons. The van der Waals surface area contributed by atoms with Crippen molar-refractivity contribution in [1.82, 2.24) is 9.80 Å². The third-order valence-electron chi connectivity index (χ3n) is 5.44. The Morgan fingerprint density at radius 1 is 1.14 bits per heavy atom. The first kappa shape index (κ1) is 16.8. The average Bonchev–Trinajstić information content (AvgIpc) is 2.51. The Kier molecular flexibility index (Phi) is 6.06. The second-order valence-corrected chi connectivity index (χ2v) is 6.95. The van der Waals surface area contributed by atoms with Crippen LogP contribution in [0.15, 0.2) is 0 Å². The van der Waals surface area contributed by atoms with E-state index in [2.05, 4.69) is 23.6 Å². The van der Waals surface area contributed by atoms with E-state index in [1.165, 1.54) is 6.42 Å². The number of piperidine rings is 2. The number of carbonyl (C=O) groups excluding carboxylic acids is 1. The van der Waals surface area contributed by atoms with E-state index in [0.29, 0.717) is 11.8 Å².